The normalized spacial score (nSPS) is 10.5. The van der Waals surface area contributed by atoms with Crippen molar-refractivity contribution in [3.63, 3.8) is 0 Å². The summed E-state index contributed by atoms with van der Waals surface area (Å²) in [6, 6.07) is 9.87. The maximum absolute atomic E-state index is 13.0. The topological polar surface area (TPSA) is 45.5 Å². The van der Waals surface area contributed by atoms with Gasteiger partial charge >= 0.3 is 0 Å². The molecule has 1 aromatic carbocycles. The third kappa shape index (κ3) is 5.38. The summed E-state index contributed by atoms with van der Waals surface area (Å²) in [7, 11) is 0. The van der Waals surface area contributed by atoms with Crippen LogP contribution >= 0.6 is 0 Å². The molecule has 2 aromatic rings. The molecule has 0 bridgehead atoms. The summed E-state index contributed by atoms with van der Waals surface area (Å²) < 4.78 is 18.6. The van der Waals surface area contributed by atoms with E-state index in [1.54, 1.807) is 23.1 Å². The Morgan fingerprint density at radius 2 is 2.00 bits per heavy atom. The van der Waals surface area contributed by atoms with Gasteiger partial charge in [-0.15, -0.1) is 6.58 Å². The molecule has 122 valence electrons. The first kappa shape index (κ1) is 17.0. The number of carbonyl (C=O) groups is 1. The fraction of sp³-hybridized carbons (Fsp3) is 0.278. The molecule has 0 fully saturated rings. The van der Waals surface area contributed by atoms with Crippen LogP contribution in [0, 0.1) is 12.7 Å². The molecule has 5 heteroatoms. The van der Waals surface area contributed by atoms with Crippen molar-refractivity contribution in [2.75, 3.05) is 13.1 Å². The Kier molecular flexibility index (Phi) is 6.11. The lowest BCUT2D eigenvalue weighted by molar-refractivity contribution is -0.131. The lowest BCUT2D eigenvalue weighted by Gasteiger charge is -2.22. The highest BCUT2D eigenvalue weighted by Crippen LogP contribution is 2.13. The van der Waals surface area contributed by atoms with E-state index in [1.807, 2.05) is 19.1 Å². The van der Waals surface area contributed by atoms with Crippen LogP contribution < -0.4 is 5.32 Å². The van der Waals surface area contributed by atoms with Gasteiger partial charge in [0.1, 0.15) is 17.3 Å². The maximum Gasteiger partial charge on any atom is 0.237 e. The second-order valence-electron chi connectivity index (χ2n) is 5.31. The van der Waals surface area contributed by atoms with Crippen LogP contribution in [0.4, 0.5) is 4.39 Å². The second kappa shape index (κ2) is 8.29. The van der Waals surface area contributed by atoms with Gasteiger partial charge in [-0.05, 0) is 36.8 Å². The van der Waals surface area contributed by atoms with E-state index in [-0.39, 0.29) is 18.3 Å². The van der Waals surface area contributed by atoms with Crippen LogP contribution in [0.5, 0.6) is 0 Å². The highest BCUT2D eigenvalue weighted by atomic mass is 19.1. The molecular formula is C18H21FN2O2. The van der Waals surface area contributed by atoms with Crippen molar-refractivity contribution >= 4 is 5.91 Å². The summed E-state index contributed by atoms with van der Waals surface area (Å²) >= 11 is 0. The number of benzene rings is 1. The summed E-state index contributed by atoms with van der Waals surface area (Å²) in [6.07, 6.45) is 1.70. The third-order valence-corrected chi connectivity index (χ3v) is 3.35. The standard InChI is InChI=1S/C18H21FN2O2/c1-3-10-20-11-18(22)21(13-17-9-4-14(2)23-17)12-15-5-7-16(19)8-6-15/h3-9,20H,1,10-13H2,2H3. The number of carbonyl (C=O) groups excluding carboxylic acids is 1. The highest BCUT2D eigenvalue weighted by Gasteiger charge is 2.16. The van der Waals surface area contributed by atoms with E-state index in [0.717, 1.165) is 17.1 Å². The molecule has 0 saturated heterocycles. The molecule has 0 atom stereocenters. The Morgan fingerprint density at radius 3 is 2.61 bits per heavy atom. The minimum Gasteiger partial charge on any atom is -0.464 e. The zero-order valence-electron chi connectivity index (χ0n) is 13.2. The van der Waals surface area contributed by atoms with Gasteiger partial charge in [-0.3, -0.25) is 4.79 Å². The van der Waals surface area contributed by atoms with Gasteiger partial charge in [0.15, 0.2) is 0 Å². The summed E-state index contributed by atoms with van der Waals surface area (Å²) in [5.41, 5.74) is 0.867. The molecule has 1 amide bonds. The molecule has 0 spiro atoms. The minimum absolute atomic E-state index is 0.0507. The number of hydrogen-bond donors (Lipinski definition) is 1. The van der Waals surface area contributed by atoms with E-state index >= 15 is 0 Å². The van der Waals surface area contributed by atoms with Gasteiger partial charge in [-0.1, -0.05) is 18.2 Å². The molecule has 23 heavy (non-hydrogen) atoms. The zero-order chi connectivity index (χ0) is 16.7. The summed E-state index contributed by atoms with van der Waals surface area (Å²) in [6.45, 7) is 7.03. The monoisotopic (exact) mass is 316 g/mol. The Morgan fingerprint density at radius 1 is 1.26 bits per heavy atom. The Balaban J connectivity index is 2.07. The molecule has 1 heterocycles. The average molecular weight is 316 g/mol. The number of nitrogens with one attached hydrogen (secondary N) is 1. The summed E-state index contributed by atoms with van der Waals surface area (Å²) in [5, 5.41) is 3.00. The maximum atomic E-state index is 13.0. The first-order valence-electron chi connectivity index (χ1n) is 7.47. The van der Waals surface area contributed by atoms with E-state index in [1.165, 1.54) is 12.1 Å². The summed E-state index contributed by atoms with van der Waals surface area (Å²) in [5.74, 6) is 1.19. The van der Waals surface area contributed by atoms with Crippen molar-refractivity contribution in [3.05, 3.63) is 72.0 Å². The first-order chi connectivity index (χ1) is 11.1. The van der Waals surface area contributed by atoms with Crippen LogP contribution in [-0.2, 0) is 17.9 Å². The SMILES string of the molecule is C=CCNCC(=O)N(Cc1ccc(F)cc1)Cc1ccc(C)o1. The lowest BCUT2D eigenvalue weighted by atomic mass is 10.2. The van der Waals surface area contributed by atoms with Crippen molar-refractivity contribution in [3.8, 4) is 0 Å². The van der Waals surface area contributed by atoms with Gasteiger partial charge in [0, 0.05) is 13.1 Å². The lowest BCUT2D eigenvalue weighted by Crippen LogP contribution is -2.37. The first-order valence-corrected chi connectivity index (χ1v) is 7.47. The number of aryl methyl sites for hydroxylation is 1. The van der Waals surface area contributed by atoms with Crippen LogP contribution in [0.3, 0.4) is 0 Å². The Bertz CT molecular complexity index is 649. The molecule has 2 rings (SSSR count). The molecule has 1 aromatic heterocycles. The Hall–Kier alpha value is -2.40. The summed E-state index contributed by atoms with van der Waals surface area (Å²) in [4.78, 5) is 14.1. The molecule has 0 aliphatic rings. The zero-order valence-corrected chi connectivity index (χ0v) is 13.2. The highest BCUT2D eigenvalue weighted by molar-refractivity contribution is 5.78. The van der Waals surface area contributed by atoms with Crippen LogP contribution in [0.15, 0.2) is 53.5 Å². The fourth-order valence-corrected chi connectivity index (χ4v) is 2.19. The van der Waals surface area contributed by atoms with E-state index in [2.05, 4.69) is 11.9 Å². The molecule has 0 unspecified atom stereocenters. The number of nitrogens with zero attached hydrogens (tertiary/aromatic N) is 1. The Labute approximate surface area is 135 Å². The number of amides is 1. The van der Waals surface area contributed by atoms with Crippen LogP contribution in [-0.4, -0.2) is 23.9 Å². The van der Waals surface area contributed by atoms with E-state index in [0.29, 0.717) is 19.6 Å². The molecule has 0 aliphatic heterocycles. The van der Waals surface area contributed by atoms with Crippen LogP contribution in [0.25, 0.3) is 0 Å². The van der Waals surface area contributed by atoms with E-state index < -0.39 is 0 Å². The number of rotatable bonds is 8. The molecular weight excluding hydrogens is 295 g/mol. The van der Waals surface area contributed by atoms with Crippen molar-refractivity contribution in [1.82, 2.24) is 10.2 Å². The van der Waals surface area contributed by atoms with Gasteiger partial charge in [0.05, 0.1) is 13.1 Å². The molecule has 4 nitrogen and oxygen atoms in total. The van der Waals surface area contributed by atoms with Crippen molar-refractivity contribution in [1.29, 1.82) is 0 Å². The average Bonchev–Trinajstić information content (AvgIpc) is 2.94. The van der Waals surface area contributed by atoms with E-state index in [4.69, 9.17) is 4.42 Å². The second-order valence-corrected chi connectivity index (χ2v) is 5.31. The van der Waals surface area contributed by atoms with Crippen molar-refractivity contribution in [2.45, 2.75) is 20.0 Å². The fourth-order valence-electron chi connectivity index (χ4n) is 2.19. The molecule has 0 radical (unpaired) electrons. The predicted molar refractivity (Wildman–Crippen MR) is 87.2 cm³/mol. The molecule has 0 aliphatic carbocycles. The molecule has 0 saturated carbocycles. The van der Waals surface area contributed by atoms with E-state index in [9.17, 15) is 9.18 Å². The smallest absolute Gasteiger partial charge is 0.237 e. The third-order valence-electron chi connectivity index (χ3n) is 3.35. The van der Waals surface area contributed by atoms with Crippen molar-refractivity contribution in [2.24, 2.45) is 0 Å². The molecule has 1 N–H and O–H groups in total. The van der Waals surface area contributed by atoms with Crippen LogP contribution in [0.1, 0.15) is 17.1 Å². The number of furan rings is 1. The predicted octanol–water partition coefficient (Wildman–Crippen LogP) is 3.03. The van der Waals surface area contributed by atoms with Gasteiger partial charge < -0.3 is 14.6 Å². The largest absolute Gasteiger partial charge is 0.464 e. The van der Waals surface area contributed by atoms with Gasteiger partial charge in [-0.25, -0.2) is 4.39 Å². The number of hydrogen-bond acceptors (Lipinski definition) is 3. The van der Waals surface area contributed by atoms with Crippen molar-refractivity contribution < 1.29 is 13.6 Å². The number of halogens is 1. The van der Waals surface area contributed by atoms with Crippen LogP contribution in [0.2, 0.25) is 0 Å². The quantitative estimate of drug-likeness (QED) is 0.601. The van der Waals surface area contributed by atoms with Gasteiger partial charge in [0.25, 0.3) is 0 Å². The van der Waals surface area contributed by atoms with Gasteiger partial charge in [-0.2, -0.15) is 0 Å². The van der Waals surface area contributed by atoms with Gasteiger partial charge in [0.2, 0.25) is 5.91 Å². The minimum atomic E-state index is -0.291.